The van der Waals surface area contributed by atoms with E-state index in [1.807, 2.05) is 35.8 Å². The maximum atomic E-state index is 9.18. The molecule has 0 aliphatic carbocycles. The van der Waals surface area contributed by atoms with Crippen LogP contribution in [0.2, 0.25) is 0 Å². The van der Waals surface area contributed by atoms with Crippen LogP contribution in [0.3, 0.4) is 0 Å². The number of hydrogen-bond donors (Lipinski definition) is 1. The summed E-state index contributed by atoms with van der Waals surface area (Å²) < 4.78 is 7.74. The van der Waals surface area contributed by atoms with E-state index in [-0.39, 0.29) is 0 Å². The summed E-state index contributed by atoms with van der Waals surface area (Å²) >= 11 is 0. The van der Waals surface area contributed by atoms with Crippen LogP contribution in [0.4, 0.5) is 5.69 Å². The molecule has 1 heterocycles. The highest BCUT2D eigenvalue weighted by Crippen LogP contribution is 2.31. The van der Waals surface area contributed by atoms with Crippen molar-refractivity contribution in [1.82, 2.24) is 4.57 Å². The Balaban J connectivity index is 2.35. The van der Waals surface area contributed by atoms with Crippen LogP contribution in [-0.4, -0.2) is 4.57 Å². The molecular formula is C16H19N3O. The number of aromatic nitrogens is 1. The zero-order valence-corrected chi connectivity index (χ0v) is 11.9. The third-order valence-corrected chi connectivity index (χ3v) is 3.13. The van der Waals surface area contributed by atoms with Gasteiger partial charge in [-0.15, -0.1) is 0 Å². The lowest BCUT2D eigenvalue weighted by molar-refractivity contribution is 0.424. The van der Waals surface area contributed by atoms with Gasteiger partial charge >= 0.3 is 0 Å². The van der Waals surface area contributed by atoms with Gasteiger partial charge < -0.3 is 15.0 Å². The summed E-state index contributed by atoms with van der Waals surface area (Å²) in [6.07, 6.45) is 2.03. The third kappa shape index (κ3) is 2.94. The molecule has 1 aromatic heterocycles. The van der Waals surface area contributed by atoms with E-state index < -0.39 is 0 Å². The molecule has 0 saturated heterocycles. The van der Waals surface area contributed by atoms with Crippen LogP contribution in [0.1, 0.15) is 31.0 Å². The van der Waals surface area contributed by atoms with E-state index in [0.29, 0.717) is 17.3 Å². The lowest BCUT2D eigenvalue weighted by atomic mass is 10.2. The highest BCUT2D eigenvalue weighted by molar-refractivity contribution is 5.56. The highest BCUT2D eigenvalue weighted by atomic mass is 16.5. The number of unbranched alkanes of at least 4 members (excludes halogenated alkanes) is 1. The molecule has 2 N–H and O–H groups in total. The maximum Gasteiger partial charge on any atom is 0.224 e. The number of ether oxygens (including phenoxy) is 1. The normalized spacial score (nSPS) is 10.2. The second-order valence-corrected chi connectivity index (χ2v) is 4.83. The van der Waals surface area contributed by atoms with Crippen LogP contribution >= 0.6 is 0 Å². The molecule has 0 fully saturated rings. The average molecular weight is 269 g/mol. The Morgan fingerprint density at radius 3 is 2.80 bits per heavy atom. The van der Waals surface area contributed by atoms with Gasteiger partial charge in [0, 0.05) is 12.6 Å². The van der Waals surface area contributed by atoms with Gasteiger partial charge in [0.1, 0.15) is 17.5 Å². The van der Waals surface area contributed by atoms with Crippen molar-refractivity contribution in [3.05, 3.63) is 41.6 Å². The van der Waals surface area contributed by atoms with Crippen LogP contribution in [0.15, 0.2) is 30.3 Å². The second-order valence-electron chi connectivity index (χ2n) is 4.83. The zero-order chi connectivity index (χ0) is 14.5. The van der Waals surface area contributed by atoms with Gasteiger partial charge in [0.05, 0.1) is 5.69 Å². The number of rotatable bonds is 5. The summed E-state index contributed by atoms with van der Waals surface area (Å²) in [5.41, 5.74) is 8.14. The van der Waals surface area contributed by atoms with Gasteiger partial charge in [-0.2, -0.15) is 5.26 Å². The molecule has 0 saturated carbocycles. The summed E-state index contributed by atoms with van der Waals surface area (Å²) in [6.45, 7) is 4.85. The Hall–Kier alpha value is -2.41. The first-order chi connectivity index (χ1) is 9.65. The molecule has 0 unspecified atom stereocenters. The van der Waals surface area contributed by atoms with Crippen molar-refractivity contribution >= 4 is 5.69 Å². The largest absolute Gasteiger partial charge is 0.439 e. The molecule has 0 aliphatic rings. The SMILES string of the molecule is CCCCn1c(C#N)cc(N)c1Oc1cccc(C)c1. The number of nitriles is 1. The van der Waals surface area contributed by atoms with Crippen LogP contribution in [0.25, 0.3) is 0 Å². The number of nitrogen functional groups attached to an aromatic ring is 1. The van der Waals surface area contributed by atoms with E-state index in [1.54, 1.807) is 6.07 Å². The van der Waals surface area contributed by atoms with Gasteiger partial charge in [-0.25, -0.2) is 0 Å². The molecule has 1 aromatic carbocycles. The lowest BCUT2D eigenvalue weighted by Crippen LogP contribution is -2.03. The van der Waals surface area contributed by atoms with Gasteiger partial charge in [-0.1, -0.05) is 25.5 Å². The van der Waals surface area contributed by atoms with Gasteiger partial charge in [-0.3, -0.25) is 0 Å². The molecule has 0 atom stereocenters. The quantitative estimate of drug-likeness (QED) is 0.896. The number of nitrogens with zero attached hydrogens (tertiary/aromatic N) is 2. The smallest absolute Gasteiger partial charge is 0.224 e. The third-order valence-electron chi connectivity index (χ3n) is 3.13. The van der Waals surface area contributed by atoms with E-state index >= 15 is 0 Å². The molecule has 0 aliphatic heterocycles. The van der Waals surface area contributed by atoms with E-state index in [9.17, 15) is 5.26 Å². The molecule has 0 amide bonds. The van der Waals surface area contributed by atoms with E-state index in [4.69, 9.17) is 10.5 Å². The Morgan fingerprint density at radius 1 is 1.35 bits per heavy atom. The second kappa shape index (κ2) is 6.16. The number of anilines is 1. The van der Waals surface area contributed by atoms with Gasteiger partial charge in [-0.05, 0) is 31.0 Å². The zero-order valence-electron chi connectivity index (χ0n) is 11.9. The summed E-state index contributed by atoms with van der Waals surface area (Å²) in [5, 5.41) is 9.18. The number of aryl methyl sites for hydroxylation is 1. The first kappa shape index (κ1) is 14.0. The predicted octanol–water partition coefficient (Wildman–Crippen LogP) is 3.84. The number of benzene rings is 1. The fourth-order valence-electron chi connectivity index (χ4n) is 2.09. The Labute approximate surface area is 119 Å². The minimum atomic E-state index is 0.499. The summed E-state index contributed by atoms with van der Waals surface area (Å²) in [5.74, 6) is 1.29. The topological polar surface area (TPSA) is 64.0 Å². The van der Waals surface area contributed by atoms with Crippen molar-refractivity contribution in [3.8, 4) is 17.7 Å². The fourth-order valence-corrected chi connectivity index (χ4v) is 2.09. The van der Waals surface area contributed by atoms with E-state index in [0.717, 1.165) is 30.7 Å². The standard InChI is InChI=1S/C16H19N3O/c1-3-4-8-19-13(11-17)10-15(18)16(19)20-14-7-5-6-12(2)9-14/h5-7,9-10H,3-4,8,18H2,1-2H3. The summed E-state index contributed by atoms with van der Waals surface area (Å²) in [6, 6.07) is 11.6. The van der Waals surface area contributed by atoms with Crippen molar-refractivity contribution < 1.29 is 4.74 Å². The molecule has 2 aromatic rings. The van der Waals surface area contributed by atoms with Crippen LogP contribution in [-0.2, 0) is 6.54 Å². The Bertz CT molecular complexity index is 638. The molecular weight excluding hydrogens is 250 g/mol. The van der Waals surface area contributed by atoms with Gasteiger partial charge in [0.2, 0.25) is 5.88 Å². The molecule has 4 nitrogen and oxygen atoms in total. The first-order valence-electron chi connectivity index (χ1n) is 6.79. The van der Waals surface area contributed by atoms with Crippen LogP contribution in [0, 0.1) is 18.3 Å². The van der Waals surface area contributed by atoms with Crippen molar-refractivity contribution in [2.45, 2.75) is 33.2 Å². The van der Waals surface area contributed by atoms with E-state index in [2.05, 4.69) is 13.0 Å². The molecule has 0 radical (unpaired) electrons. The molecule has 104 valence electrons. The molecule has 2 rings (SSSR count). The van der Waals surface area contributed by atoms with Crippen molar-refractivity contribution in [2.75, 3.05) is 5.73 Å². The Kier molecular flexibility index (Phi) is 4.31. The van der Waals surface area contributed by atoms with Gasteiger partial charge in [0.25, 0.3) is 0 Å². The number of hydrogen-bond acceptors (Lipinski definition) is 3. The first-order valence-corrected chi connectivity index (χ1v) is 6.79. The summed E-state index contributed by atoms with van der Waals surface area (Å²) in [4.78, 5) is 0. The molecule has 0 bridgehead atoms. The maximum absolute atomic E-state index is 9.18. The highest BCUT2D eigenvalue weighted by Gasteiger charge is 2.15. The van der Waals surface area contributed by atoms with Gasteiger partial charge in [0.15, 0.2) is 0 Å². The van der Waals surface area contributed by atoms with Crippen LogP contribution < -0.4 is 10.5 Å². The van der Waals surface area contributed by atoms with Crippen LogP contribution in [0.5, 0.6) is 11.6 Å². The Morgan fingerprint density at radius 2 is 2.15 bits per heavy atom. The van der Waals surface area contributed by atoms with Crippen molar-refractivity contribution in [1.29, 1.82) is 5.26 Å². The lowest BCUT2D eigenvalue weighted by Gasteiger charge is -2.12. The van der Waals surface area contributed by atoms with Crippen molar-refractivity contribution in [3.63, 3.8) is 0 Å². The molecule has 4 heteroatoms. The van der Waals surface area contributed by atoms with E-state index in [1.165, 1.54) is 0 Å². The monoisotopic (exact) mass is 269 g/mol. The summed E-state index contributed by atoms with van der Waals surface area (Å²) in [7, 11) is 0. The van der Waals surface area contributed by atoms with Crippen molar-refractivity contribution in [2.24, 2.45) is 0 Å². The molecule has 20 heavy (non-hydrogen) atoms. The molecule has 0 spiro atoms. The fraction of sp³-hybridized carbons (Fsp3) is 0.312. The number of nitrogens with two attached hydrogens (primary N) is 1. The minimum Gasteiger partial charge on any atom is -0.439 e. The average Bonchev–Trinajstić information content (AvgIpc) is 2.73. The minimum absolute atomic E-state index is 0.499. The predicted molar refractivity (Wildman–Crippen MR) is 79.7 cm³/mol.